The number of aliphatic hydroxyl groups is 1. The maximum Gasteiger partial charge on any atom is 0.352 e. The highest BCUT2D eigenvalue weighted by Crippen LogP contribution is 2.42. The number of β-lactam (4-membered cyclic amide) rings is 1. The number of aromatic nitrogens is 1. The number of pyridine rings is 1. The van der Waals surface area contributed by atoms with Gasteiger partial charge in [0.05, 0.1) is 10.8 Å². The van der Waals surface area contributed by atoms with Gasteiger partial charge in [0, 0.05) is 64.8 Å². The van der Waals surface area contributed by atoms with E-state index in [2.05, 4.69) is 5.32 Å². The van der Waals surface area contributed by atoms with Gasteiger partial charge in [0.15, 0.2) is 17.9 Å². The lowest BCUT2D eigenvalue weighted by molar-refractivity contribution is -0.714. The summed E-state index contributed by atoms with van der Waals surface area (Å²) in [6.45, 7) is 4.39. The van der Waals surface area contributed by atoms with Crippen LogP contribution in [0.1, 0.15) is 23.4 Å². The van der Waals surface area contributed by atoms with E-state index in [1.165, 1.54) is 28.4 Å². The van der Waals surface area contributed by atoms with Gasteiger partial charge in [-0.2, -0.15) is 4.57 Å². The van der Waals surface area contributed by atoms with Crippen LogP contribution in [0.5, 0.6) is 0 Å². The number of carboxylic acids is 2. The van der Waals surface area contributed by atoms with Crippen LogP contribution < -0.4 is 20.7 Å². The van der Waals surface area contributed by atoms with E-state index < -0.39 is 41.3 Å². The number of halogens is 2. The summed E-state index contributed by atoms with van der Waals surface area (Å²) in [4.78, 5) is 51.6. The molecule has 1 saturated heterocycles. The number of hydrogen-bond acceptors (Lipinski definition) is 10. The first kappa shape index (κ1) is 35.4. The molecule has 1 unspecified atom stereocenters. The predicted molar refractivity (Wildman–Crippen MR) is 172 cm³/mol. The Morgan fingerprint density at radius 1 is 1.18 bits per heavy atom. The van der Waals surface area contributed by atoms with Crippen LogP contribution in [0, 0.1) is 13.8 Å². The summed E-state index contributed by atoms with van der Waals surface area (Å²) in [5, 5.41) is 33.5. The van der Waals surface area contributed by atoms with Crippen molar-refractivity contribution in [3.05, 3.63) is 62.5 Å². The number of aliphatic hydroxyl groups excluding tert-OH is 1. The molecule has 2 aromatic rings. The van der Waals surface area contributed by atoms with Crippen molar-refractivity contribution < 1.29 is 39.1 Å². The number of aliphatic carboxylic acids is 2. The van der Waals surface area contributed by atoms with E-state index in [-0.39, 0.29) is 30.8 Å². The Morgan fingerprint density at radius 2 is 1.87 bits per heavy atom. The predicted octanol–water partition coefficient (Wildman–Crippen LogP) is 1.52. The first-order valence-electron chi connectivity index (χ1n) is 13.8. The number of nitrogens with zero attached hydrogens (tertiary/aromatic N) is 2. The minimum atomic E-state index is -1.20. The summed E-state index contributed by atoms with van der Waals surface area (Å²) >= 11 is 16.5. The number of carbonyl (C=O) groups excluding carboxylic acids is 3. The molecule has 3 heterocycles. The Balaban J connectivity index is 1.37. The third kappa shape index (κ3) is 8.47. The van der Waals surface area contributed by atoms with Gasteiger partial charge in [-0.15, -0.1) is 35.3 Å². The second kappa shape index (κ2) is 15.4. The molecule has 0 spiro atoms. The number of nitrogens with one attached hydrogen (secondary N) is 1. The molecule has 1 aromatic carbocycles. The Morgan fingerprint density at radius 3 is 2.49 bits per heavy atom. The molecule has 45 heavy (non-hydrogen) atoms. The summed E-state index contributed by atoms with van der Waals surface area (Å²) < 4.78 is 1.97. The standard InChI is InChI=1S/C29H32Cl2N4O7S3/c1-14-5-19(6-15(2)34(14)10-18(36)9-32)43-11-17-12-45-28-25(27(40)35(28)26(17)29(41)42)33-23(37)13-44-22-8-20(30)16(7-21(22)31)3-4-24(38)39/h5-8,18,25,28,36H,3-4,9-13,32H2,1-2H3,(H2-,33,37,38,39,41,42)/t18?,25-,28-/m1/s1. The molecule has 2 aliphatic rings. The summed E-state index contributed by atoms with van der Waals surface area (Å²) in [5.41, 5.74) is 8.53. The van der Waals surface area contributed by atoms with Crippen molar-refractivity contribution in [2.45, 2.75) is 60.5 Å². The van der Waals surface area contributed by atoms with Crippen LogP contribution in [0.4, 0.5) is 0 Å². The van der Waals surface area contributed by atoms with Crippen LogP contribution in [-0.4, -0.2) is 80.2 Å². The monoisotopic (exact) mass is 714 g/mol. The molecule has 2 amide bonds. The minimum Gasteiger partial charge on any atom is -0.550 e. The van der Waals surface area contributed by atoms with Crippen LogP contribution in [-0.2, 0) is 32.1 Å². The zero-order chi connectivity index (χ0) is 33.0. The SMILES string of the molecule is Cc1cc(SCC2=C(C(=O)O)N3C(=O)[C@@H](NC(=O)CSc4cc(Cl)c(CCC(=O)[O-])cc4Cl)[C@H]3SC2)cc(C)[n+]1CC(O)CN. The minimum absolute atomic E-state index is 0.0539. The van der Waals surface area contributed by atoms with Crippen molar-refractivity contribution in [3.63, 3.8) is 0 Å². The van der Waals surface area contributed by atoms with Gasteiger partial charge in [-0.3, -0.25) is 14.5 Å². The van der Waals surface area contributed by atoms with Gasteiger partial charge < -0.3 is 31.2 Å². The quantitative estimate of drug-likeness (QED) is 0.127. The van der Waals surface area contributed by atoms with Crippen molar-refractivity contribution in [3.8, 4) is 0 Å². The molecule has 0 aliphatic carbocycles. The number of carbonyl (C=O) groups is 4. The second-order valence-corrected chi connectivity index (χ2v) is 14.5. The molecule has 16 heteroatoms. The summed E-state index contributed by atoms with van der Waals surface area (Å²) in [6, 6.07) is 6.18. The Bertz CT molecular complexity index is 1530. The van der Waals surface area contributed by atoms with Gasteiger partial charge in [0.1, 0.15) is 23.2 Å². The fourth-order valence-electron chi connectivity index (χ4n) is 4.98. The molecular weight excluding hydrogens is 683 g/mol. The third-order valence-electron chi connectivity index (χ3n) is 7.26. The average molecular weight is 716 g/mol. The molecule has 242 valence electrons. The average Bonchev–Trinajstić information content (AvgIpc) is 2.99. The van der Waals surface area contributed by atoms with Gasteiger partial charge >= 0.3 is 5.97 Å². The fourth-order valence-corrected chi connectivity index (χ4v) is 8.98. The molecule has 0 bridgehead atoms. The molecule has 5 N–H and O–H groups in total. The van der Waals surface area contributed by atoms with E-state index in [1.54, 1.807) is 12.1 Å². The third-order valence-corrected chi connectivity index (χ3v) is 11.5. The maximum absolute atomic E-state index is 13.1. The largest absolute Gasteiger partial charge is 0.550 e. The molecule has 1 aromatic heterocycles. The molecule has 2 aliphatic heterocycles. The maximum atomic E-state index is 13.1. The smallest absolute Gasteiger partial charge is 0.352 e. The first-order chi connectivity index (χ1) is 21.3. The lowest BCUT2D eigenvalue weighted by Gasteiger charge is -2.49. The van der Waals surface area contributed by atoms with Crippen LogP contribution in [0.3, 0.4) is 0 Å². The molecule has 3 atom stereocenters. The number of aryl methyl sites for hydroxylation is 3. The lowest BCUT2D eigenvalue weighted by atomic mass is 10.0. The number of amides is 2. The molecular formula is C29H32Cl2N4O7S3. The Hall–Kier alpha value is -2.46. The van der Waals surface area contributed by atoms with E-state index in [0.29, 0.717) is 44.1 Å². The highest BCUT2D eigenvalue weighted by molar-refractivity contribution is 8.01. The van der Waals surface area contributed by atoms with Crippen LogP contribution in [0.15, 0.2) is 45.3 Å². The van der Waals surface area contributed by atoms with Crippen LogP contribution in [0.2, 0.25) is 10.0 Å². The fraction of sp³-hybridized carbons (Fsp3) is 0.414. The second-order valence-electron chi connectivity index (χ2n) is 10.5. The van der Waals surface area contributed by atoms with Gasteiger partial charge in [-0.1, -0.05) is 23.2 Å². The van der Waals surface area contributed by atoms with Gasteiger partial charge in [-0.05, 0) is 36.1 Å². The lowest BCUT2D eigenvalue weighted by Crippen LogP contribution is -2.70. The van der Waals surface area contributed by atoms with Gasteiger partial charge in [-0.25, -0.2) is 4.79 Å². The molecule has 1 fully saturated rings. The highest BCUT2D eigenvalue weighted by Gasteiger charge is 2.54. The van der Waals surface area contributed by atoms with Gasteiger partial charge in [0.25, 0.3) is 5.91 Å². The zero-order valence-electron chi connectivity index (χ0n) is 24.4. The van der Waals surface area contributed by atoms with E-state index in [0.717, 1.165) is 28.0 Å². The van der Waals surface area contributed by atoms with Crippen molar-refractivity contribution in [2.75, 3.05) is 23.8 Å². The number of nitrogens with two attached hydrogens (primary N) is 1. The summed E-state index contributed by atoms with van der Waals surface area (Å²) in [5.74, 6) is -2.65. The highest BCUT2D eigenvalue weighted by atomic mass is 35.5. The Labute approximate surface area is 282 Å². The van der Waals surface area contributed by atoms with Crippen molar-refractivity contribution >= 4 is 82.2 Å². The number of fused-ring (bicyclic) bond motifs is 1. The van der Waals surface area contributed by atoms with E-state index in [4.69, 9.17) is 28.9 Å². The molecule has 0 radical (unpaired) electrons. The summed E-state index contributed by atoms with van der Waals surface area (Å²) in [7, 11) is 0. The number of benzene rings is 1. The molecule has 0 saturated carbocycles. The van der Waals surface area contributed by atoms with E-state index in [9.17, 15) is 34.5 Å². The normalized spacial score (nSPS) is 18.4. The molecule has 11 nitrogen and oxygen atoms in total. The number of thioether (sulfide) groups is 3. The molecule has 4 rings (SSSR count). The topological polar surface area (TPSA) is 177 Å². The number of rotatable bonds is 14. The van der Waals surface area contributed by atoms with Crippen LogP contribution >= 0.6 is 58.5 Å². The van der Waals surface area contributed by atoms with E-state index >= 15 is 0 Å². The van der Waals surface area contributed by atoms with Crippen molar-refractivity contribution in [1.82, 2.24) is 10.2 Å². The number of carboxylic acid groups (broad SMARTS) is 2. The van der Waals surface area contributed by atoms with E-state index in [1.807, 2.05) is 30.5 Å². The van der Waals surface area contributed by atoms with Gasteiger partial charge in [0.2, 0.25) is 5.91 Å². The van der Waals surface area contributed by atoms with Crippen LogP contribution in [0.25, 0.3) is 0 Å². The van der Waals surface area contributed by atoms with Crippen molar-refractivity contribution in [1.29, 1.82) is 0 Å². The first-order valence-corrected chi connectivity index (χ1v) is 17.6. The number of hydrogen-bond donors (Lipinski definition) is 4. The Kier molecular flexibility index (Phi) is 12.1. The summed E-state index contributed by atoms with van der Waals surface area (Å²) in [6.07, 6.45) is -0.703. The zero-order valence-corrected chi connectivity index (χ0v) is 28.3. The van der Waals surface area contributed by atoms with Crippen molar-refractivity contribution in [2.24, 2.45) is 5.73 Å².